The lowest BCUT2D eigenvalue weighted by atomic mass is 10.7. The van der Waals surface area contributed by atoms with Crippen molar-refractivity contribution in [2.75, 3.05) is 5.75 Å². The van der Waals surface area contributed by atoms with Crippen molar-refractivity contribution in [3.05, 3.63) is 18.9 Å². The molecular weight excluding hydrogens is 136 g/mol. The number of aromatic nitrogens is 2. The Hall–Kier alpha value is -0.480. The van der Waals surface area contributed by atoms with Gasteiger partial charge in [0.05, 0.1) is 0 Å². The fourth-order valence-corrected chi connectivity index (χ4v) is 1.74. The predicted octanol–water partition coefficient (Wildman–Crippen LogP) is -0.186. The summed E-state index contributed by atoms with van der Waals surface area (Å²) in [5.41, 5.74) is 0. The van der Waals surface area contributed by atoms with Crippen LogP contribution in [-0.2, 0) is 11.2 Å². The molecule has 0 spiro atoms. The lowest BCUT2D eigenvalue weighted by Gasteiger charge is -1.94. The Bertz CT molecular complexity index is 222. The van der Waals surface area contributed by atoms with Gasteiger partial charge in [-0.05, 0) is 0 Å². The van der Waals surface area contributed by atoms with Gasteiger partial charge in [0.25, 0.3) is 0 Å². The van der Waals surface area contributed by atoms with Crippen LogP contribution in [0.4, 0.5) is 0 Å². The molecule has 3 nitrogen and oxygen atoms in total. The summed E-state index contributed by atoms with van der Waals surface area (Å²) in [6, 6.07) is 0. The first-order chi connectivity index (χ1) is 4.38. The third-order valence-electron chi connectivity index (χ3n) is 1.20. The van der Waals surface area contributed by atoms with Crippen molar-refractivity contribution in [1.82, 2.24) is 9.55 Å². The van der Waals surface area contributed by atoms with Crippen LogP contribution in [0.2, 0.25) is 0 Å². The first-order valence-corrected chi connectivity index (χ1v) is 3.86. The van der Waals surface area contributed by atoms with Crippen molar-refractivity contribution in [2.45, 2.75) is 5.16 Å². The van der Waals surface area contributed by atoms with E-state index in [9.17, 15) is 4.55 Å². The maximum atomic E-state index is 10.9. The number of hydrogen-bond acceptors (Lipinski definition) is 2. The zero-order valence-electron chi connectivity index (χ0n) is 4.57. The molecule has 0 amide bonds. The van der Waals surface area contributed by atoms with E-state index in [1.54, 1.807) is 10.8 Å². The summed E-state index contributed by atoms with van der Waals surface area (Å²) < 4.78 is 12.6. The molecule has 0 aliphatic carbocycles. The molecule has 0 N–H and O–H groups in total. The standard InChI is InChI=1S/C5H4N2OS/c8-9-4-3-7-2-1-6-5(7)9/h2-3H,4H2/t9-/m1/s1. The second-order valence-corrected chi connectivity index (χ2v) is 3.14. The van der Waals surface area contributed by atoms with Gasteiger partial charge < -0.3 is 4.55 Å². The summed E-state index contributed by atoms with van der Waals surface area (Å²) in [7, 11) is 0. The number of nitrogens with zero attached hydrogens (tertiary/aromatic N) is 2. The molecular formula is C5H4N2OS. The first kappa shape index (κ1) is 5.32. The molecule has 1 aliphatic rings. The van der Waals surface area contributed by atoms with Crippen LogP contribution in [0.15, 0.2) is 11.4 Å². The van der Waals surface area contributed by atoms with E-state index in [-0.39, 0.29) is 0 Å². The monoisotopic (exact) mass is 140 g/mol. The summed E-state index contributed by atoms with van der Waals surface area (Å²) in [6.07, 6.45) is 4.30. The van der Waals surface area contributed by atoms with Gasteiger partial charge in [0.15, 0.2) is 0 Å². The second kappa shape index (κ2) is 1.75. The highest BCUT2D eigenvalue weighted by atomic mass is 32.2. The molecule has 0 fully saturated rings. The Morgan fingerprint density at radius 2 is 2.78 bits per heavy atom. The van der Waals surface area contributed by atoms with Gasteiger partial charge in [-0.3, -0.25) is 4.57 Å². The fraction of sp³-hybridized carbons (Fsp3) is 0.200. The van der Waals surface area contributed by atoms with Gasteiger partial charge in [0.1, 0.15) is 18.5 Å². The number of hydrogen-bond donors (Lipinski definition) is 0. The van der Waals surface area contributed by atoms with Crippen LogP contribution in [0.1, 0.15) is 0 Å². The molecule has 1 aromatic rings. The Labute approximate surface area is 55.9 Å². The number of rotatable bonds is 0. The van der Waals surface area contributed by atoms with Gasteiger partial charge >= 0.3 is 5.16 Å². The number of fused-ring (bicyclic) bond motifs is 1. The smallest absolute Gasteiger partial charge is 0.324 e. The predicted molar refractivity (Wildman–Crippen MR) is 32.0 cm³/mol. The van der Waals surface area contributed by atoms with Gasteiger partial charge in [0.2, 0.25) is 0 Å². The van der Waals surface area contributed by atoms with Crippen molar-refractivity contribution in [2.24, 2.45) is 0 Å². The summed E-state index contributed by atoms with van der Waals surface area (Å²) in [6.45, 7) is 1.84. The minimum absolute atomic E-state index is 0.594. The van der Waals surface area contributed by atoms with E-state index in [0.29, 0.717) is 10.9 Å². The van der Waals surface area contributed by atoms with E-state index in [2.05, 4.69) is 11.2 Å². The zero-order valence-corrected chi connectivity index (χ0v) is 5.39. The van der Waals surface area contributed by atoms with Gasteiger partial charge in [-0.25, -0.2) is 0 Å². The van der Waals surface area contributed by atoms with E-state index in [4.69, 9.17) is 0 Å². The molecule has 2 heterocycles. The van der Waals surface area contributed by atoms with Crippen molar-refractivity contribution in [3.63, 3.8) is 0 Å². The lowest BCUT2D eigenvalue weighted by molar-refractivity contribution is 0.594. The Balaban J connectivity index is 2.49. The zero-order chi connectivity index (χ0) is 6.27. The first-order valence-electron chi connectivity index (χ1n) is 2.54. The molecule has 1 aliphatic heterocycles. The van der Waals surface area contributed by atoms with E-state index in [1.807, 2.05) is 6.54 Å². The summed E-state index contributed by atoms with van der Waals surface area (Å²) >= 11 is -0.902. The molecule has 1 aromatic heterocycles. The Morgan fingerprint density at radius 1 is 1.89 bits per heavy atom. The average Bonchev–Trinajstić information content (AvgIpc) is 2.35. The third kappa shape index (κ3) is 0.668. The molecule has 0 unspecified atom stereocenters. The summed E-state index contributed by atoms with van der Waals surface area (Å²) in [5.74, 6) is 0.594. The van der Waals surface area contributed by atoms with Crippen LogP contribution >= 0.6 is 0 Å². The lowest BCUT2D eigenvalue weighted by Crippen LogP contribution is -1.99. The van der Waals surface area contributed by atoms with Crippen molar-refractivity contribution < 1.29 is 4.55 Å². The van der Waals surface area contributed by atoms with Gasteiger partial charge in [-0.15, -0.1) is 0 Å². The van der Waals surface area contributed by atoms with Crippen LogP contribution < -0.4 is 0 Å². The molecule has 0 saturated carbocycles. The highest BCUT2D eigenvalue weighted by Crippen LogP contribution is 2.16. The van der Waals surface area contributed by atoms with E-state index in [0.717, 1.165) is 0 Å². The second-order valence-electron chi connectivity index (χ2n) is 1.75. The Kier molecular flexibility index (Phi) is 1.03. The normalized spacial score (nSPS) is 24.3. The average molecular weight is 140 g/mol. The van der Waals surface area contributed by atoms with Crippen LogP contribution in [0, 0.1) is 12.7 Å². The van der Waals surface area contributed by atoms with Crippen molar-refractivity contribution in [1.29, 1.82) is 0 Å². The van der Waals surface area contributed by atoms with Crippen LogP contribution in [0.3, 0.4) is 0 Å². The van der Waals surface area contributed by atoms with Gasteiger partial charge in [-0.2, -0.15) is 4.98 Å². The quantitative estimate of drug-likeness (QED) is 0.469. The van der Waals surface area contributed by atoms with E-state index >= 15 is 0 Å². The van der Waals surface area contributed by atoms with Gasteiger partial charge in [-0.1, -0.05) is 0 Å². The molecule has 1 atom stereocenters. The number of imidazole rings is 1. The van der Waals surface area contributed by atoms with Crippen LogP contribution in [0.5, 0.6) is 0 Å². The van der Waals surface area contributed by atoms with E-state index < -0.39 is 11.2 Å². The van der Waals surface area contributed by atoms with E-state index in [1.165, 1.54) is 0 Å². The SMILES string of the molecule is [O-][S@+]1C[CH]n2c[c]nc21. The topological polar surface area (TPSA) is 40.9 Å². The highest BCUT2D eigenvalue weighted by Gasteiger charge is 2.25. The molecule has 0 saturated heterocycles. The van der Waals surface area contributed by atoms with Crippen molar-refractivity contribution in [3.8, 4) is 0 Å². The molecule has 4 heteroatoms. The van der Waals surface area contributed by atoms with Crippen LogP contribution in [0.25, 0.3) is 0 Å². The third-order valence-corrected chi connectivity index (χ3v) is 2.37. The molecule has 0 aromatic carbocycles. The van der Waals surface area contributed by atoms with Crippen molar-refractivity contribution >= 4 is 11.2 Å². The fourth-order valence-electron chi connectivity index (χ4n) is 0.781. The summed E-state index contributed by atoms with van der Waals surface area (Å²) in [5, 5.41) is 0.620. The molecule has 2 rings (SSSR count). The maximum absolute atomic E-state index is 10.9. The van der Waals surface area contributed by atoms with Gasteiger partial charge in [0, 0.05) is 17.4 Å². The molecule has 9 heavy (non-hydrogen) atoms. The molecule has 0 bridgehead atoms. The highest BCUT2D eigenvalue weighted by molar-refractivity contribution is 7.91. The Morgan fingerprint density at radius 3 is 3.56 bits per heavy atom. The molecule has 46 valence electrons. The largest absolute Gasteiger partial charge is 0.609 e. The maximum Gasteiger partial charge on any atom is 0.324 e. The minimum atomic E-state index is -0.902. The van der Waals surface area contributed by atoms with Crippen LogP contribution in [-0.4, -0.2) is 19.9 Å². The molecule has 2 radical (unpaired) electrons. The minimum Gasteiger partial charge on any atom is -0.609 e. The summed E-state index contributed by atoms with van der Waals surface area (Å²) in [4.78, 5) is 3.78.